The Hall–Kier alpha value is -2.01. The highest BCUT2D eigenvalue weighted by atomic mass is 16.5. The Morgan fingerprint density at radius 2 is 2.09 bits per heavy atom. The molecule has 0 saturated carbocycles. The van der Waals surface area contributed by atoms with Gasteiger partial charge in [0.25, 0.3) is 0 Å². The molecule has 2 heterocycles. The zero-order chi connectivity index (χ0) is 15.7. The summed E-state index contributed by atoms with van der Waals surface area (Å²) in [5, 5.41) is 9.31. The van der Waals surface area contributed by atoms with Gasteiger partial charge in [-0.3, -0.25) is 0 Å². The summed E-state index contributed by atoms with van der Waals surface area (Å²) in [4.78, 5) is 11.4. The van der Waals surface area contributed by atoms with Gasteiger partial charge >= 0.3 is 5.97 Å². The van der Waals surface area contributed by atoms with Crippen LogP contribution >= 0.6 is 0 Å². The van der Waals surface area contributed by atoms with Crippen molar-refractivity contribution < 1.29 is 24.1 Å². The van der Waals surface area contributed by atoms with Crippen molar-refractivity contribution in [3.05, 3.63) is 29.3 Å². The summed E-state index contributed by atoms with van der Waals surface area (Å²) in [7, 11) is 0. The van der Waals surface area contributed by atoms with Crippen LogP contribution in [0.5, 0.6) is 11.5 Å². The number of carbonyl (C=O) groups is 1. The van der Waals surface area contributed by atoms with E-state index in [1.54, 1.807) is 13.8 Å². The number of aliphatic carboxylic acids is 1. The van der Waals surface area contributed by atoms with Crippen molar-refractivity contribution in [2.24, 2.45) is 0 Å². The van der Waals surface area contributed by atoms with Gasteiger partial charge in [-0.15, -0.1) is 0 Å². The molecule has 2 aliphatic rings. The van der Waals surface area contributed by atoms with Crippen molar-refractivity contribution in [1.82, 2.24) is 0 Å². The molecule has 0 unspecified atom stereocenters. The van der Waals surface area contributed by atoms with Crippen LogP contribution in [-0.4, -0.2) is 36.5 Å². The maximum atomic E-state index is 11.4. The van der Waals surface area contributed by atoms with Crippen LogP contribution in [-0.2, 0) is 16.0 Å². The Kier molecular flexibility index (Phi) is 3.83. The van der Waals surface area contributed by atoms with Gasteiger partial charge in [-0.1, -0.05) is 6.08 Å². The zero-order valence-electron chi connectivity index (χ0n) is 12.8. The molecule has 1 aromatic carbocycles. The van der Waals surface area contributed by atoms with Gasteiger partial charge in [-0.25, -0.2) is 4.79 Å². The second-order valence-electron chi connectivity index (χ2n) is 6.03. The third-order valence-electron chi connectivity index (χ3n) is 3.98. The molecule has 0 radical (unpaired) electrons. The lowest BCUT2D eigenvalue weighted by Gasteiger charge is -2.25. The van der Waals surface area contributed by atoms with E-state index in [1.165, 1.54) is 0 Å². The first-order valence-electron chi connectivity index (χ1n) is 7.46. The minimum atomic E-state index is -1.30. The van der Waals surface area contributed by atoms with E-state index >= 15 is 0 Å². The monoisotopic (exact) mass is 304 g/mol. The van der Waals surface area contributed by atoms with E-state index in [1.807, 2.05) is 12.1 Å². The van der Waals surface area contributed by atoms with Gasteiger partial charge in [-0.2, -0.15) is 0 Å². The van der Waals surface area contributed by atoms with Crippen molar-refractivity contribution in [2.75, 3.05) is 19.8 Å². The molecule has 0 aliphatic carbocycles. The minimum absolute atomic E-state index is 0.557. The van der Waals surface area contributed by atoms with Crippen LogP contribution < -0.4 is 9.47 Å². The van der Waals surface area contributed by atoms with Crippen LogP contribution in [0.25, 0.3) is 5.57 Å². The largest absolute Gasteiger partial charge is 0.493 e. The number of hydrogen-bond donors (Lipinski definition) is 1. The lowest BCUT2D eigenvalue weighted by molar-refractivity contribution is -0.152. The number of fused-ring (bicyclic) bond motifs is 1. The predicted molar refractivity (Wildman–Crippen MR) is 81.4 cm³/mol. The third-order valence-corrected chi connectivity index (χ3v) is 3.98. The van der Waals surface area contributed by atoms with Gasteiger partial charge < -0.3 is 19.3 Å². The molecule has 0 aromatic heterocycles. The maximum Gasteiger partial charge on any atom is 0.347 e. The van der Waals surface area contributed by atoms with Gasteiger partial charge in [0.05, 0.1) is 19.8 Å². The van der Waals surface area contributed by atoms with E-state index < -0.39 is 11.6 Å². The van der Waals surface area contributed by atoms with Gasteiger partial charge in [0.1, 0.15) is 11.5 Å². The number of benzene rings is 1. The van der Waals surface area contributed by atoms with Crippen LogP contribution in [0.1, 0.15) is 31.4 Å². The van der Waals surface area contributed by atoms with Crippen molar-refractivity contribution in [3.63, 3.8) is 0 Å². The van der Waals surface area contributed by atoms with E-state index in [9.17, 15) is 9.90 Å². The Bertz CT molecular complexity index is 630. The molecule has 0 saturated heterocycles. The second-order valence-corrected chi connectivity index (χ2v) is 6.03. The highest BCUT2D eigenvalue weighted by molar-refractivity contribution is 5.78. The molecule has 0 atom stereocenters. The van der Waals surface area contributed by atoms with Crippen LogP contribution in [0.3, 0.4) is 0 Å². The number of carboxylic acids is 1. The van der Waals surface area contributed by atoms with Gasteiger partial charge in [-0.05, 0) is 37.5 Å². The van der Waals surface area contributed by atoms with Gasteiger partial charge in [0.2, 0.25) is 0 Å². The number of carboxylic acid groups (broad SMARTS) is 1. The Morgan fingerprint density at radius 3 is 2.77 bits per heavy atom. The molecule has 0 spiro atoms. The summed E-state index contributed by atoms with van der Waals surface area (Å²) in [6, 6.07) is 3.88. The van der Waals surface area contributed by atoms with E-state index in [0.29, 0.717) is 25.6 Å². The lowest BCUT2D eigenvalue weighted by atomic mass is 9.97. The van der Waals surface area contributed by atoms with Gasteiger partial charge in [0, 0.05) is 18.1 Å². The predicted octanol–water partition coefficient (Wildman–Crippen LogP) is 2.67. The Labute approximate surface area is 129 Å². The molecule has 0 fully saturated rings. The number of hydrogen-bond acceptors (Lipinski definition) is 4. The van der Waals surface area contributed by atoms with E-state index in [-0.39, 0.29) is 0 Å². The van der Waals surface area contributed by atoms with E-state index in [4.69, 9.17) is 14.2 Å². The summed E-state index contributed by atoms with van der Waals surface area (Å²) in [6.45, 7) is 4.99. The summed E-state index contributed by atoms with van der Waals surface area (Å²) < 4.78 is 16.8. The molecule has 3 rings (SSSR count). The molecular formula is C17H20O5. The number of ether oxygens (including phenoxy) is 3. The molecule has 22 heavy (non-hydrogen) atoms. The number of rotatable bonds is 4. The standard InChI is InChI=1S/C17H20O5/c1-17(2,16(18)19)22-15-10-14-12(5-8-21-14)9-13(15)11-3-6-20-7-4-11/h3,9-10H,4-8H2,1-2H3,(H,18,19). The fourth-order valence-electron chi connectivity index (χ4n) is 2.63. The smallest absolute Gasteiger partial charge is 0.347 e. The SMILES string of the molecule is CC(C)(Oc1cc2c(cc1C1=CCOCC1)CCO2)C(=O)O. The van der Waals surface area contributed by atoms with Crippen LogP contribution in [0.4, 0.5) is 0 Å². The fourth-order valence-corrected chi connectivity index (χ4v) is 2.63. The molecule has 0 amide bonds. The average molecular weight is 304 g/mol. The highest BCUT2D eigenvalue weighted by Gasteiger charge is 2.31. The molecule has 5 heteroatoms. The summed E-state index contributed by atoms with van der Waals surface area (Å²) >= 11 is 0. The Balaban J connectivity index is 2.03. The first-order chi connectivity index (χ1) is 10.5. The Morgan fingerprint density at radius 1 is 1.27 bits per heavy atom. The molecule has 0 bridgehead atoms. The first kappa shape index (κ1) is 14.9. The summed E-state index contributed by atoms with van der Waals surface area (Å²) in [5.41, 5.74) is 1.93. The molecule has 2 aliphatic heterocycles. The van der Waals surface area contributed by atoms with Crippen LogP contribution in [0.2, 0.25) is 0 Å². The average Bonchev–Trinajstić information content (AvgIpc) is 2.94. The molecule has 118 valence electrons. The third kappa shape index (κ3) is 2.81. The van der Waals surface area contributed by atoms with Gasteiger partial charge in [0.15, 0.2) is 5.60 Å². The first-order valence-corrected chi connectivity index (χ1v) is 7.46. The normalized spacial score (nSPS) is 17.5. The van der Waals surface area contributed by atoms with Crippen LogP contribution in [0.15, 0.2) is 18.2 Å². The molecule has 1 N–H and O–H groups in total. The topological polar surface area (TPSA) is 65.0 Å². The lowest BCUT2D eigenvalue weighted by Crippen LogP contribution is -2.38. The second kappa shape index (κ2) is 5.65. The van der Waals surface area contributed by atoms with Crippen LogP contribution in [0, 0.1) is 0 Å². The molecule has 5 nitrogen and oxygen atoms in total. The molecule has 1 aromatic rings. The van der Waals surface area contributed by atoms with E-state index in [0.717, 1.165) is 35.3 Å². The van der Waals surface area contributed by atoms with Crippen molar-refractivity contribution in [3.8, 4) is 11.5 Å². The minimum Gasteiger partial charge on any atom is -0.493 e. The highest BCUT2D eigenvalue weighted by Crippen LogP contribution is 2.39. The quantitative estimate of drug-likeness (QED) is 0.926. The fraction of sp³-hybridized carbons (Fsp3) is 0.471. The van der Waals surface area contributed by atoms with Crippen molar-refractivity contribution in [1.29, 1.82) is 0 Å². The summed E-state index contributed by atoms with van der Waals surface area (Å²) in [5.74, 6) is 0.342. The molecular weight excluding hydrogens is 284 g/mol. The summed E-state index contributed by atoms with van der Waals surface area (Å²) in [6.07, 6.45) is 3.69. The van der Waals surface area contributed by atoms with Crippen molar-refractivity contribution in [2.45, 2.75) is 32.3 Å². The zero-order valence-corrected chi connectivity index (χ0v) is 12.8. The van der Waals surface area contributed by atoms with Crippen molar-refractivity contribution >= 4 is 11.5 Å². The maximum absolute atomic E-state index is 11.4. The van der Waals surface area contributed by atoms with E-state index in [2.05, 4.69) is 6.07 Å².